The smallest absolute Gasteiger partial charge is 0.316 e. The van der Waals surface area contributed by atoms with E-state index in [-0.39, 0.29) is 11.7 Å². The van der Waals surface area contributed by atoms with Crippen LogP contribution >= 0.6 is 11.8 Å². The first-order valence-corrected chi connectivity index (χ1v) is 9.86. The molecule has 0 bridgehead atoms. The van der Waals surface area contributed by atoms with E-state index in [1.54, 1.807) is 38.1 Å². The van der Waals surface area contributed by atoms with Crippen molar-refractivity contribution in [2.24, 2.45) is 0 Å². The van der Waals surface area contributed by atoms with E-state index in [1.165, 1.54) is 16.7 Å². The lowest BCUT2D eigenvalue weighted by atomic mass is 9.96. The lowest BCUT2D eigenvalue weighted by Crippen LogP contribution is -2.59. The van der Waals surface area contributed by atoms with Crippen LogP contribution in [0.2, 0.25) is 0 Å². The van der Waals surface area contributed by atoms with E-state index in [2.05, 4.69) is 5.32 Å². The van der Waals surface area contributed by atoms with Gasteiger partial charge in [-0.3, -0.25) is 19.3 Å². The number of fused-ring (bicyclic) bond motifs is 1. The maximum atomic E-state index is 12.8. The molecule has 0 aliphatic carbocycles. The predicted octanol–water partition coefficient (Wildman–Crippen LogP) is 3.39. The maximum Gasteiger partial charge on any atom is 0.316 e. The van der Waals surface area contributed by atoms with Crippen LogP contribution in [0.4, 0.5) is 11.4 Å². The first kappa shape index (κ1) is 19.9. The first-order chi connectivity index (χ1) is 13.3. The summed E-state index contributed by atoms with van der Waals surface area (Å²) in [6.07, 6.45) is 0. The van der Waals surface area contributed by atoms with Crippen LogP contribution in [-0.4, -0.2) is 35.7 Å². The van der Waals surface area contributed by atoms with E-state index >= 15 is 0 Å². The van der Waals surface area contributed by atoms with Gasteiger partial charge >= 0.3 is 5.97 Å². The Bertz CT molecular complexity index is 909. The van der Waals surface area contributed by atoms with E-state index in [0.717, 1.165) is 10.5 Å². The van der Waals surface area contributed by atoms with Gasteiger partial charge in [-0.05, 0) is 45.0 Å². The summed E-state index contributed by atoms with van der Waals surface area (Å²) in [7, 11) is 0. The zero-order valence-corrected chi connectivity index (χ0v) is 16.8. The number of nitrogens with zero attached hydrogens (tertiary/aromatic N) is 1. The van der Waals surface area contributed by atoms with E-state index in [0.29, 0.717) is 11.4 Å². The Kier molecular flexibility index (Phi) is 5.74. The molecule has 0 unspecified atom stereocenters. The van der Waals surface area contributed by atoms with E-state index in [9.17, 15) is 14.4 Å². The standard InChI is InChI=1S/C21H22N2O4S/c1-14-8-10-15(11-9-14)28-13-19(25)27-12-18(24)23-17-7-5-4-6-16(17)22-20(26)21(23,2)3/h4-11H,12-13H2,1-3H3,(H,22,26). The van der Waals surface area contributed by atoms with Gasteiger partial charge in [0, 0.05) is 4.90 Å². The summed E-state index contributed by atoms with van der Waals surface area (Å²) in [5.74, 6) is -1.11. The highest BCUT2D eigenvalue weighted by atomic mass is 32.2. The molecule has 2 aromatic carbocycles. The van der Waals surface area contributed by atoms with Gasteiger partial charge in [0.05, 0.1) is 17.1 Å². The zero-order chi connectivity index (χ0) is 20.3. The van der Waals surface area contributed by atoms with Crippen molar-refractivity contribution in [2.45, 2.75) is 31.2 Å². The first-order valence-electron chi connectivity index (χ1n) is 8.87. The van der Waals surface area contributed by atoms with Crippen molar-refractivity contribution in [2.75, 3.05) is 22.6 Å². The third kappa shape index (κ3) is 4.20. The number of carbonyl (C=O) groups is 3. The molecule has 2 amide bonds. The summed E-state index contributed by atoms with van der Waals surface area (Å²) in [5, 5.41) is 2.80. The molecule has 1 aliphatic rings. The molecule has 0 saturated carbocycles. The van der Waals surface area contributed by atoms with Crippen LogP contribution in [0.5, 0.6) is 0 Å². The number of para-hydroxylation sites is 2. The number of amides is 2. The number of thioether (sulfide) groups is 1. The van der Waals surface area contributed by atoms with Crippen molar-refractivity contribution < 1.29 is 19.1 Å². The summed E-state index contributed by atoms with van der Waals surface area (Å²) >= 11 is 1.35. The molecule has 1 heterocycles. The molecule has 3 rings (SSSR count). The van der Waals surface area contributed by atoms with Crippen molar-refractivity contribution in [3.8, 4) is 0 Å². The van der Waals surface area contributed by atoms with Gasteiger partial charge < -0.3 is 10.1 Å². The van der Waals surface area contributed by atoms with E-state index in [4.69, 9.17) is 4.74 Å². The summed E-state index contributed by atoms with van der Waals surface area (Å²) in [4.78, 5) is 39.6. The lowest BCUT2D eigenvalue weighted by molar-refractivity contribution is -0.145. The average molecular weight is 398 g/mol. The van der Waals surface area contributed by atoms with Crippen molar-refractivity contribution in [3.05, 3.63) is 54.1 Å². The Hall–Kier alpha value is -2.80. The van der Waals surface area contributed by atoms with Crippen molar-refractivity contribution >= 4 is 40.9 Å². The van der Waals surface area contributed by atoms with Gasteiger partial charge in [-0.15, -0.1) is 11.8 Å². The summed E-state index contributed by atoms with van der Waals surface area (Å²) in [6.45, 7) is 4.89. The van der Waals surface area contributed by atoms with Crippen molar-refractivity contribution in [1.82, 2.24) is 0 Å². The molecule has 1 aliphatic heterocycles. The van der Waals surface area contributed by atoms with Crippen LogP contribution in [0.15, 0.2) is 53.4 Å². The Morgan fingerprint density at radius 3 is 2.50 bits per heavy atom. The molecule has 0 spiro atoms. The van der Waals surface area contributed by atoms with Gasteiger partial charge in [-0.25, -0.2) is 0 Å². The summed E-state index contributed by atoms with van der Waals surface area (Å²) in [5.41, 5.74) is 1.20. The fourth-order valence-electron chi connectivity index (χ4n) is 2.92. The predicted molar refractivity (Wildman–Crippen MR) is 109 cm³/mol. The normalized spacial score (nSPS) is 14.8. The Balaban J connectivity index is 1.62. The number of aryl methyl sites for hydroxylation is 1. The number of carbonyl (C=O) groups excluding carboxylic acids is 3. The topological polar surface area (TPSA) is 75.7 Å². The molecule has 7 heteroatoms. The number of hydrogen-bond donors (Lipinski definition) is 1. The van der Waals surface area contributed by atoms with E-state index in [1.807, 2.05) is 31.2 Å². The third-order valence-corrected chi connectivity index (χ3v) is 5.48. The van der Waals surface area contributed by atoms with Crippen LogP contribution in [0.1, 0.15) is 19.4 Å². The van der Waals surface area contributed by atoms with Crippen LogP contribution in [-0.2, 0) is 19.1 Å². The van der Waals surface area contributed by atoms with Crippen molar-refractivity contribution in [1.29, 1.82) is 0 Å². The monoisotopic (exact) mass is 398 g/mol. The highest BCUT2D eigenvalue weighted by Gasteiger charge is 2.43. The minimum Gasteiger partial charge on any atom is -0.455 e. The molecule has 0 fully saturated rings. The number of benzene rings is 2. The van der Waals surface area contributed by atoms with Gasteiger partial charge in [0.2, 0.25) is 5.91 Å². The van der Waals surface area contributed by atoms with Crippen LogP contribution in [0.3, 0.4) is 0 Å². The molecule has 28 heavy (non-hydrogen) atoms. The highest BCUT2D eigenvalue weighted by molar-refractivity contribution is 8.00. The average Bonchev–Trinajstić information content (AvgIpc) is 2.66. The second-order valence-corrected chi connectivity index (χ2v) is 8.07. The number of ether oxygens (including phenoxy) is 1. The largest absolute Gasteiger partial charge is 0.455 e. The molecule has 146 valence electrons. The minimum atomic E-state index is -1.09. The molecule has 1 N–H and O–H groups in total. The second kappa shape index (κ2) is 8.06. The number of rotatable bonds is 5. The second-order valence-electron chi connectivity index (χ2n) is 7.02. The van der Waals surface area contributed by atoms with Crippen LogP contribution < -0.4 is 10.2 Å². The fourth-order valence-corrected chi connectivity index (χ4v) is 3.62. The quantitative estimate of drug-likeness (QED) is 0.617. The van der Waals surface area contributed by atoms with Crippen molar-refractivity contribution in [3.63, 3.8) is 0 Å². The maximum absolute atomic E-state index is 12.8. The van der Waals surface area contributed by atoms with Gasteiger partial charge in [0.25, 0.3) is 5.91 Å². The number of nitrogens with one attached hydrogen (secondary N) is 1. The van der Waals surface area contributed by atoms with Gasteiger partial charge in [0.15, 0.2) is 6.61 Å². The SMILES string of the molecule is Cc1ccc(SCC(=O)OCC(=O)N2c3ccccc3NC(=O)C2(C)C)cc1. The molecule has 6 nitrogen and oxygen atoms in total. The number of esters is 1. The van der Waals surface area contributed by atoms with Crippen LogP contribution in [0.25, 0.3) is 0 Å². The molecule has 2 aromatic rings. The molecule has 0 radical (unpaired) electrons. The molecule has 0 atom stereocenters. The lowest BCUT2D eigenvalue weighted by Gasteiger charge is -2.41. The van der Waals surface area contributed by atoms with Gasteiger partial charge in [0.1, 0.15) is 5.54 Å². The Labute approximate surface area is 168 Å². The van der Waals surface area contributed by atoms with Gasteiger partial charge in [-0.1, -0.05) is 29.8 Å². The highest BCUT2D eigenvalue weighted by Crippen LogP contribution is 2.36. The fraction of sp³-hybridized carbons (Fsp3) is 0.286. The molecular formula is C21H22N2O4S. The molecule has 0 aromatic heterocycles. The zero-order valence-electron chi connectivity index (χ0n) is 16.0. The number of anilines is 2. The van der Waals surface area contributed by atoms with Gasteiger partial charge in [-0.2, -0.15) is 0 Å². The Morgan fingerprint density at radius 2 is 1.79 bits per heavy atom. The van der Waals surface area contributed by atoms with E-state index < -0.39 is 24.0 Å². The van der Waals surface area contributed by atoms with Crippen LogP contribution in [0, 0.1) is 6.92 Å². The Morgan fingerprint density at radius 1 is 1.11 bits per heavy atom. The molecule has 0 saturated heterocycles. The molecular weight excluding hydrogens is 376 g/mol. The summed E-state index contributed by atoms with van der Waals surface area (Å²) < 4.78 is 5.16. The number of hydrogen-bond acceptors (Lipinski definition) is 5. The summed E-state index contributed by atoms with van der Waals surface area (Å²) in [6, 6.07) is 14.9. The minimum absolute atomic E-state index is 0.108. The third-order valence-electron chi connectivity index (χ3n) is 4.49.